The van der Waals surface area contributed by atoms with Crippen molar-refractivity contribution in [1.29, 1.82) is 0 Å². The summed E-state index contributed by atoms with van der Waals surface area (Å²) < 4.78 is 1.93. The van der Waals surface area contributed by atoms with Gasteiger partial charge in [-0.2, -0.15) is 5.10 Å². The molecule has 2 aromatic carbocycles. The summed E-state index contributed by atoms with van der Waals surface area (Å²) in [6.07, 6.45) is 4.40. The number of halogens is 1. The summed E-state index contributed by atoms with van der Waals surface area (Å²) in [6.45, 7) is 3.27. The SMILES string of the molecule is CCCCCC1CN(Cc2ccccc2CO)C(=O)c2cc(-c3ccc(Cl)cc3)nn21. The molecule has 0 fully saturated rings. The van der Waals surface area contributed by atoms with Gasteiger partial charge in [0.25, 0.3) is 5.91 Å². The minimum Gasteiger partial charge on any atom is -0.392 e. The van der Waals surface area contributed by atoms with E-state index in [2.05, 4.69) is 6.92 Å². The predicted octanol–water partition coefficient (Wildman–Crippen LogP) is 5.47. The highest BCUT2D eigenvalue weighted by Gasteiger charge is 2.33. The van der Waals surface area contributed by atoms with E-state index in [1.54, 1.807) is 0 Å². The fraction of sp³-hybridized carbons (Fsp3) is 0.360. The van der Waals surface area contributed by atoms with Crippen molar-refractivity contribution in [2.45, 2.75) is 51.8 Å². The molecule has 5 nitrogen and oxygen atoms in total. The summed E-state index contributed by atoms with van der Waals surface area (Å²) in [5, 5.41) is 15.2. The van der Waals surface area contributed by atoms with Crippen LogP contribution in [0.4, 0.5) is 0 Å². The van der Waals surface area contributed by atoms with Crippen molar-refractivity contribution < 1.29 is 9.90 Å². The molecule has 0 saturated carbocycles. The Morgan fingerprint density at radius 2 is 1.84 bits per heavy atom. The van der Waals surface area contributed by atoms with Crippen LogP contribution in [0.1, 0.15) is 60.3 Å². The maximum Gasteiger partial charge on any atom is 0.272 e. The van der Waals surface area contributed by atoms with Crippen LogP contribution in [0.5, 0.6) is 0 Å². The first-order valence-corrected chi connectivity index (χ1v) is 11.3. The number of hydrogen-bond donors (Lipinski definition) is 1. The lowest BCUT2D eigenvalue weighted by molar-refractivity contribution is 0.0633. The van der Waals surface area contributed by atoms with Crippen molar-refractivity contribution in [3.63, 3.8) is 0 Å². The van der Waals surface area contributed by atoms with Crippen molar-refractivity contribution in [3.8, 4) is 11.3 Å². The van der Waals surface area contributed by atoms with Crippen molar-refractivity contribution in [2.75, 3.05) is 6.54 Å². The number of carbonyl (C=O) groups excluding carboxylic acids is 1. The Bertz CT molecular complexity index is 1050. The van der Waals surface area contributed by atoms with Crippen molar-refractivity contribution >= 4 is 17.5 Å². The van der Waals surface area contributed by atoms with Gasteiger partial charge in [0, 0.05) is 23.7 Å². The van der Waals surface area contributed by atoms with Crippen LogP contribution >= 0.6 is 11.6 Å². The van der Waals surface area contributed by atoms with Gasteiger partial charge >= 0.3 is 0 Å². The summed E-state index contributed by atoms with van der Waals surface area (Å²) in [5.41, 5.74) is 4.20. The maximum absolute atomic E-state index is 13.4. The van der Waals surface area contributed by atoms with Crippen molar-refractivity contribution in [3.05, 3.63) is 76.4 Å². The molecule has 1 atom stereocenters. The molecule has 0 spiro atoms. The summed E-state index contributed by atoms with van der Waals surface area (Å²) >= 11 is 6.03. The van der Waals surface area contributed by atoms with Gasteiger partial charge in [0.15, 0.2) is 0 Å². The van der Waals surface area contributed by atoms with E-state index in [0.717, 1.165) is 41.6 Å². The minimum atomic E-state index is -0.0310. The molecule has 1 aromatic heterocycles. The van der Waals surface area contributed by atoms with Gasteiger partial charge in [0.2, 0.25) is 0 Å². The highest BCUT2D eigenvalue weighted by Crippen LogP contribution is 2.31. The monoisotopic (exact) mass is 437 g/mol. The van der Waals surface area contributed by atoms with Crippen LogP contribution < -0.4 is 0 Å². The molecule has 1 aliphatic rings. The number of benzene rings is 2. The quantitative estimate of drug-likeness (QED) is 0.475. The van der Waals surface area contributed by atoms with Gasteiger partial charge in [-0.15, -0.1) is 0 Å². The second-order valence-electron chi connectivity index (χ2n) is 8.13. The zero-order chi connectivity index (χ0) is 21.8. The number of fused-ring (bicyclic) bond motifs is 1. The van der Waals surface area contributed by atoms with Crippen LogP contribution in [0, 0.1) is 0 Å². The minimum absolute atomic E-state index is 0.0211. The van der Waals surface area contributed by atoms with E-state index in [1.807, 2.05) is 64.2 Å². The Labute approximate surface area is 188 Å². The van der Waals surface area contributed by atoms with E-state index in [9.17, 15) is 9.90 Å². The third-order valence-electron chi connectivity index (χ3n) is 5.95. The third kappa shape index (κ3) is 4.68. The molecule has 0 bridgehead atoms. The Balaban J connectivity index is 1.66. The predicted molar refractivity (Wildman–Crippen MR) is 123 cm³/mol. The lowest BCUT2D eigenvalue weighted by Gasteiger charge is -2.34. The molecule has 1 N–H and O–H groups in total. The van der Waals surface area contributed by atoms with E-state index in [4.69, 9.17) is 16.7 Å². The number of hydrogen-bond acceptors (Lipinski definition) is 3. The van der Waals surface area contributed by atoms with Crippen LogP contribution in [-0.4, -0.2) is 32.2 Å². The molecule has 0 radical (unpaired) electrons. The molecule has 1 unspecified atom stereocenters. The number of aliphatic hydroxyl groups is 1. The largest absolute Gasteiger partial charge is 0.392 e. The Hall–Kier alpha value is -2.63. The number of nitrogens with zero attached hydrogens (tertiary/aromatic N) is 3. The van der Waals surface area contributed by atoms with Gasteiger partial charge < -0.3 is 10.0 Å². The van der Waals surface area contributed by atoms with E-state index in [1.165, 1.54) is 6.42 Å². The number of unbranched alkanes of at least 4 members (excludes halogenated alkanes) is 2. The standard InChI is InChI=1S/C25H28ClN3O2/c1-2-3-4-9-22-16-28(15-19-7-5-6-8-20(19)17-30)25(31)24-14-23(27-29(22)24)18-10-12-21(26)13-11-18/h5-8,10-14,22,30H,2-4,9,15-17H2,1H3. The van der Waals surface area contributed by atoms with Gasteiger partial charge in [-0.3, -0.25) is 9.48 Å². The second kappa shape index (κ2) is 9.67. The lowest BCUT2D eigenvalue weighted by Crippen LogP contribution is -2.42. The van der Waals surface area contributed by atoms with Crippen molar-refractivity contribution in [1.82, 2.24) is 14.7 Å². The molecule has 0 aliphatic carbocycles. The zero-order valence-corrected chi connectivity index (χ0v) is 18.6. The molecule has 2 heterocycles. The molecule has 1 amide bonds. The van der Waals surface area contributed by atoms with E-state index < -0.39 is 0 Å². The maximum atomic E-state index is 13.4. The van der Waals surface area contributed by atoms with Gasteiger partial charge in [-0.05, 0) is 35.7 Å². The smallest absolute Gasteiger partial charge is 0.272 e. The first kappa shape index (κ1) is 21.6. The van der Waals surface area contributed by atoms with Gasteiger partial charge in [-0.1, -0.05) is 74.2 Å². The fourth-order valence-electron chi connectivity index (χ4n) is 4.22. The lowest BCUT2D eigenvalue weighted by atomic mass is 10.0. The topological polar surface area (TPSA) is 58.4 Å². The Morgan fingerprint density at radius 3 is 2.55 bits per heavy atom. The van der Waals surface area contributed by atoms with Crippen LogP contribution in [0.25, 0.3) is 11.3 Å². The number of rotatable bonds is 8. The average molecular weight is 438 g/mol. The molecule has 162 valence electrons. The molecule has 31 heavy (non-hydrogen) atoms. The highest BCUT2D eigenvalue weighted by molar-refractivity contribution is 6.30. The van der Waals surface area contributed by atoms with E-state index in [-0.39, 0.29) is 18.6 Å². The number of carbonyl (C=O) groups is 1. The van der Waals surface area contributed by atoms with Crippen LogP contribution in [0.15, 0.2) is 54.6 Å². The Kier molecular flexibility index (Phi) is 6.73. The molecule has 3 aromatic rings. The van der Waals surface area contributed by atoms with E-state index in [0.29, 0.717) is 23.8 Å². The molecule has 1 aliphatic heterocycles. The number of aromatic nitrogens is 2. The molecule has 0 saturated heterocycles. The van der Waals surface area contributed by atoms with Crippen LogP contribution in [-0.2, 0) is 13.2 Å². The first-order chi connectivity index (χ1) is 15.1. The second-order valence-corrected chi connectivity index (χ2v) is 8.56. The van der Waals surface area contributed by atoms with Crippen molar-refractivity contribution in [2.24, 2.45) is 0 Å². The average Bonchev–Trinajstić information content (AvgIpc) is 3.24. The normalized spacial score (nSPS) is 15.9. The molecular formula is C25H28ClN3O2. The van der Waals surface area contributed by atoms with Gasteiger partial charge in [0.1, 0.15) is 5.69 Å². The fourth-order valence-corrected chi connectivity index (χ4v) is 4.35. The first-order valence-electron chi connectivity index (χ1n) is 10.9. The summed E-state index contributed by atoms with van der Waals surface area (Å²) in [5.74, 6) is -0.0211. The molecule has 4 rings (SSSR count). The highest BCUT2D eigenvalue weighted by atomic mass is 35.5. The third-order valence-corrected chi connectivity index (χ3v) is 6.20. The van der Waals surface area contributed by atoms with Gasteiger partial charge in [-0.25, -0.2) is 0 Å². The number of aliphatic hydroxyl groups excluding tert-OH is 1. The van der Waals surface area contributed by atoms with Crippen LogP contribution in [0.2, 0.25) is 5.02 Å². The summed E-state index contributed by atoms with van der Waals surface area (Å²) in [6, 6.07) is 17.3. The molecule has 6 heteroatoms. The Morgan fingerprint density at radius 1 is 1.10 bits per heavy atom. The number of amides is 1. The van der Waals surface area contributed by atoms with Gasteiger partial charge in [0.05, 0.1) is 18.3 Å². The van der Waals surface area contributed by atoms with Crippen LogP contribution in [0.3, 0.4) is 0 Å². The van der Waals surface area contributed by atoms with E-state index >= 15 is 0 Å². The summed E-state index contributed by atoms with van der Waals surface area (Å²) in [7, 11) is 0. The zero-order valence-electron chi connectivity index (χ0n) is 17.8. The summed E-state index contributed by atoms with van der Waals surface area (Å²) in [4.78, 5) is 15.3. The molecular weight excluding hydrogens is 410 g/mol.